The van der Waals surface area contributed by atoms with Crippen molar-refractivity contribution >= 4 is 22.5 Å². The summed E-state index contributed by atoms with van der Waals surface area (Å²) in [6.45, 7) is 0.288. The summed E-state index contributed by atoms with van der Waals surface area (Å²) in [5.41, 5.74) is 2.41. The summed E-state index contributed by atoms with van der Waals surface area (Å²) in [6, 6.07) is 16.3. The molecule has 0 aliphatic heterocycles. The Morgan fingerprint density at radius 2 is 1.90 bits per heavy atom. The first kappa shape index (κ1) is 13.8. The Balaban J connectivity index is 1.78. The molecule has 2 nitrogen and oxygen atoms in total. The lowest BCUT2D eigenvalue weighted by Crippen LogP contribution is -1.99. The van der Waals surface area contributed by atoms with Gasteiger partial charge in [0.05, 0.1) is 11.2 Å². The fraction of sp³-hybridized carbons (Fsp3) is 0.118. The SMILES string of the molecule is Fc1cc(CCl)cc(OCc2ccc3ccccc3n2)c1. The van der Waals surface area contributed by atoms with Gasteiger partial charge in [-0.3, -0.25) is 0 Å². The molecule has 21 heavy (non-hydrogen) atoms. The van der Waals surface area contributed by atoms with Crippen LogP contribution in [0.2, 0.25) is 0 Å². The van der Waals surface area contributed by atoms with E-state index in [2.05, 4.69) is 4.98 Å². The number of rotatable bonds is 4. The average molecular weight is 302 g/mol. The second-order valence-corrected chi connectivity index (χ2v) is 4.98. The number of hydrogen-bond acceptors (Lipinski definition) is 2. The third-order valence-electron chi connectivity index (χ3n) is 3.13. The van der Waals surface area contributed by atoms with E-state index in [0.29, 0.717) is 11.3 Å². The van der Waals surface area contributed by atoms with Gasteiger partial charge in [-0.25, -0.2) is 9.37 Å². The lowest BCUT2D eigenvalue weighted by molar-refractivity contribution is 0.300. The van der Waals surface area contributed by atoms with Crippen LogP contribution in [0.25, 0.3) is 10.9 Å². The Labute approximate surface area is 127 Å². The van der Waals surface area contributed by atoms with Gasteiger partial charge in [0.25, 0.3) is 0 Å². The minimum Gasteiger partial charge on any atom is -0.487 e. The lowest BCUT2D eigenvalue weighted by Gasteiger charge is -2.08. The van der Waals surface area contributed by atoms with E-state index in [4.69, 9.17) is 16.3 Å². The van der Waals surface area contributed by atoms with Gasteiger partial charge >= 0.3 is 0 Å². The van der Waals surface area contributed by atoms with Gasteiger partial charge in [-0.1, -0.05) is 24.3 Å². The van der Waals surface area contributed by atoms with Crippen molar-refractivity contribution in [2.75, 3.05) is 0 Å². The zero-order valence-corrected chi connectivity index (χ0v) is 12.0. The molecule has 0 saturated heterocycles. The molecule has 0 bridgehead atoms. The number of hydrogen-bond donors (Lipinski definition) is 0. The molecule has 106 valence electrons. The fourth-order valence-corrected chi connectivity index (χ4v) is 2.28. The van der Waals surface area contributed by atoms with E-state index in [1.807, 2.05) is 36.4 Å². The Kier molecular flexibility index (Phi) is 4.02. The van der Waals surface area contributed by atoms with Crippen LogP contribution in [-0.2, 0) is 12.5 Å². The first-order valence-corrected chi connectivity index (χ1v) is 7.11. The molecule has 4 heteroatoms. The second kappa shape index (κ2) is 6.10. The van der Waals surface area contributed by atoms with Gasteiger partial charge < -0.3 is 4.74 Å². The molecule has 1 aromatic heterocycles. The van der Waals surface area contributed by atoms with Crippen LogP contribution in [0.5, 0.6) is 5.75 Å². The molecule has 0 unspecified atom stereocenters. The molecular weight excluding hydrogens is 289 g/mol. The molecule has 0 atom stereocenters. The van der Waals surface area contributed by atoms with Crippen LogP contribution in [0.4, 0.5) is 4.39 Å². The number of alkyl halides is 1. The average Bonchev–Trinajstić information content (AvgIpc) is 2.52. The molecule has 0 amide bonds. The van der Waals surface area contributed by atoms with Crippen molar-refractivity contribution in [3.63, 3.8) is 0 Å². The van der Waals surface area contributed by atoms with Crippen LogP contribution in [-0.4, -0.2) is 4.98 Å². The second-order valence-electron chi connectivity index (χ2n) is 4.71. The van der Waals surface area contributed by atoms with E-state index < -0.39 is 0 Å². The number of para-hydroxylation sites is 1. The Bertz CT molecular complexity index is 776. The number of nitrogens with zero attached hydrogens (tertiary/aromatic N) is 1. The molecule has 0 spiro atoms. The van der Waals surface area contributed by atoms with E-state index in [1.165, 1.54) is 12.1 Å². The number of aromatic nitrogens is 1. The summed E-state index contributed by atoms with van der Waals surface area (Å²) < 4.78 is 19.0. The maximum Gasteiger partial charge on any atom is 0.130 e. The number of benzene rings is 2. The van der Waals surface area contributed by atoms with Crippen molar-refractivity contribution in [3.05, 3.63) is 71.7 Å². The molecular formula is C17H13ClFNO. The summed E-state index contributed by atoms with van der Waals surface area (Å²) in [4.78, 5) is 4.51. The fourth-order valence-electron chi connectivity index (χ4n) is 2.13. The minimum absolute atomic E-state index is 0.252. The predicted molar refractivity (Wildman–Crippen MR) is 82.0 cm³/mol. The van der Waals surface area contributed by atoms with Gasteiger partial charge in [-0.05, 0) is 29.8 Å². The monoisotopic (exact) mass is 301 g/mol. The van der Waals surface area contributed by atoms with E-state index in [-0.39, 0.29) is 18.3 Å². The van der Waals surface area contributed by atoms with Crippen molar-refractivity contribution in [2.24, 2.45) is 0 Å². The Morgan fingerprint density at radius 3 is 2.76 bits per heavy atom. The maximum atomic E-state index is 13.4. The quantitative estimate of drug-likeness (QED) is 0.652. The van der Waals surface area contributed by atoms with E-state index in [9.17, 15) is 4.39 Å². The highest BCUT2D eigenvalue weighted by Crippen LogP contribution is 2.19. The summed E-state index contributed by atoms with van der Waals surface area (Å²) in [5.74, 6) is 0.359. The molecule has 1 heterocycles. The molecule has 0 aliphatic carbocycles. The maximum absolute atomic E-state index is 13.4. The largest absolute Gasteiger partial charge is 0.487 e. The molecule has 3 rings (SSSR count). The van der Waals surface area contributed by atoms with Crippen LogP contribution < -0.4 is 4.74 Å². The minimum atomic E-state index is -0.352. The van der Waals surface area contributed by atoms with Gasteiger partial charge in [-0.15, -0.1) is 11.6 Å². The highest BCUT2D eigenvalue weighted by molar-refractivity contribution is 6.17. The number of fused-ring (bicyclic) bond motifs is 1. The van der Waals surface area contributed by atoms with Crippen molar-refractivity contribution < 1.29 is 9.13 Å². The molecule has 0 fully saturated rings. The van der Waals surface area contributed by atoms with Crippen LogP contribution in [0.1, 0.15) is 11.3 Å². The Hall–Kier alpha value is -2.13. The van der Waals surface area contributed by atoms with Crippen molar-refractivity contribution in [2.45, 2.75) is 12.5 Å². The van der Waals surface area contributed by atoms with E-state index >= 15 is 0 Å². The number of pyridine rings is 1. The van der Waals surface area contributed by atoms with Gasteiger partial charge in [0.15, 0.2) is 0 Å². The molecule has 0 radical (unpaired) electrons. The van der Waals surface area contributed by atoms with E-state index in [1.54, 1.807) is 6.07 Å². The zero-order chi connectivity index (χ0) is 14.7. The summed E-state index contributed by atoms with van der Waals surface area (Å²) in [7, 11) is 0. The third kappa shape index (κ3) is 3.31. The highest BCUT2D eigenvalue weighted by atomic mass is 35.5. The van der Waals surface area contributed by atoms with Crippen molar-refractivity contribution in [1.29, 1.82) is 0 Å². The van der Waals surface area contributed by atoms with Gasteiger partial charge in [0.1, 0.15) is 18.2 Å². The van der Waals surface area contributed by atoms with Crippen LogP contribution in [0.3, 0.4) is 0 Å². The van der Waals surface area contributed by atoms with Crippen LogP contribution in [0, 0.1) is 5.82 Å². The molecule has 3 aromatic rings. The summed E-state index contributed by atoms with van der Waals surface area (Å²) >= 11 is 5.72. The first-order valence-electron chi connectivity index (χ1n) is 6.57. The number of halogens is 2. The summed E-state index contributed by atoms with van der Waals surface area (Å²) in [5, 5.41) is 1.08. The Morgan fingerprint density at radius 1 is 1.05 bits per heavy atom. The first-order chi connectivity index (χ1) is 10.2. The van der Waals surface area contributed by atoms with E-state index in [0.717, 1.165) is 16.6 Å². The molecule has 0 aliphatic rings. The molecule has 0 saturated carbocycles. The van der Waals surface area contributed by atoms with Gasteiger partial charge in [0.2, 0.25) is 0 Å². The van der Waals surface area contributed by atoms with Crippen LogP contribution >= 0.6 is 11.6 Å². The normalized spacial score (nSPS) is 10.8. The highest BCUT2D eigenvalue weighted by Gasteiger charge is 2.03. The lowest BCUT2D eigenvalue weighted by atomic mass is 10.2. The third-order valence-corrected chi connectivity index (χ3v) is 3.44. The standard InChI is InChI=1S/C17H13ClFNO/c18-10-12-7-14(19)9-16(8-12)21-11-15-6-5-13-3-1-2-4-17(13)20-15/h1-9H,10-11H2. The topological polar surface area (TPSA) is 22.1 Å². The van der Waals surface area contributed by atoms with Gasteiger partial charge in [0, 0.05) is 17.3 Å². The molecule has 2 aromatic carbocycles. The molecule has 0 N–H and O–H groups in total. The van der Waals surface area contributed by atoms with Gasteiger partial charge in [-0.2, -0.15) is 0 Å². The zero-order valence-electron chi connectivity index (χ0n) is 11.2. The number of ether oxygens (including phenoxy) is 1. The summed E-state index contributed by atoms with van der Waals surface area (Å²) in [6.07, 6.45) is 0. The predicted octanol–water partition coefficient (Wildman–Crippen LogP) is 4.69. The van der Waals surface area contributed by atoms with Crippen molar-refractivity contribution in [1.82, 2.24) is 4.98 Å². The smallest absolute Gasteiger partial charge is 0.130 e. The van der Waals surface area contributed by atoms with Crippen LogP contribution in [0.15, 0.2) is 54.6 Å². The van der Waals surface area contributed by atoms with Crippen molar-refractivity contribution in [3.8, 4) is 5.75 Å².